The Kier molecular flexibility index (Phi) is 8.97. The zero-order valence-electron chi connectivity index (χ0n) is 17.9. The molecule has 7 nitrogen and oxygen atoms in total. The highest BCUT2D eigenvalue weighted by molar-refractivity contribution is 6.42. The number of oxime groups is 1. The van der Waals surface area contributed by atoms with Crippen LogP contribution in [0.4, 0.5) is 0 Å². The number of piperidine rings is 1. The molecule has 1 spiro atoms. The van der Waals surface area contributed by atoms with Gasteiger partial charge in [-0.05, 0) is 35.4 Å². The molecule has 2 aromatic carbocycles. The fourth-order valence-electron chi connectivity index (χ4n) is 3.81. The van der Waals surface area contributed by atoms with Gasteiger partial charge in [-0.15, -0.1) is 0 Å². The molecule has 2 aliphatic rings. The topological polar surface area (TPSA) is 97.0 Å². The lowest BCUT2D eigenvalue weighted by Gasteiger charge is -2.37. The van der Waals surface area contributed by atoms with Crippen molar-refractivity contribution in [3.63, 3.8) is 0 Å². The molecule has 0 bridgehead atoms. The molecule has 0 atom stereocenters. The van der Waals surface area contributed by atoms with Gasteiger partial charge in [0.25, 0.3) is 5.91 Å². The van der Waals surface area contributed by atoms with E-state index in [1.165, 1.54) is 0 Å². The standard InChI is InChI=1S/C22H22Cl3N3O2.CH3NO/c23-17-4-1-15(2-5-17)13-26-21(29)20-12-22(30-27-20)7-9-28(10-8-22)14-16-3-6-18(24)19(25)11-16;2-1-3/h1-6,11H,7-10,12-14H2,(H,26,29);1H,(H2,2,3). The maximum absolute atomic E-state index is 12.5. The predicted molar refractivity (Wildman–Crippen MR) is 130 cm³/mol. The lowest BCUT2D eigenvalue weighted by atomic mass is 9.86. The number of nitrogens with zero attached hydrogens (tertiary/aromatic N) is 2. The Bertz CT molecular complexity index is 1010. The van der Waals surface area contributed by atoms with Crippen molar-refractivity contribution in [3.8, 4) is 0 Å². The third-order valence-electron chi connectivity index (χ3n) is 5.63. The van der Waals surface area contributed by atoms with Crippen LogP contribution < -0.4 is 11.1 Å². The van der Waals surface area contributed by atoms with Crippen LogP contribution in [0.1, 0.15) is 30.4 Å². The zero-order chi connectivity index (χ0) is 23.8. The molecule has 0 aliphatic carbocycles. The second-order valence-corrected chi connectivity index (χ2v) is 9.21. The second-order valence-electron chi connectivity index (χ2n) is 7.96. The predicted octanol–water partition coefficient (Wildman–Crippen LogP) is 4.18. The summed E-state index contributed by atoms with van der Waals surface area (Å²) in [4.78, 5) is 29.2. The van der Waals surface area contributed by atoms with Crippen molar-refractivity contribution < 1.29 is 14.4 Å². The third-order valence-corrected chi connectivity index (χ3v) is 6.62. The van der Waals surface area contributed by atoms with Crippen LogP contribution in [0.25, 0.3) is 0 Å². The first-order chi connectivity index (χ1) is 15.8. The second kappa shape index (κ2) is 11.7. The molecule has 0 unspecified atom stereocenters. The zero-order valence-corrected chi connectivity index (χ0v) is 20.2. The van der Waals surface area contributed by atoms with E-state index in [0.717, 1.165) is 43.6 Å². The van der Waals surface area contributed by atoms with Crippen LogP contribution in [-0.2, 0) is 27.5 Å². The molecule has 1 fully saturated rings. The number of carbonyl (C=O) groups excluding carboxylic acids is 2. The van der Waals surface area contributed by atoms with E-state index in [-0.39, 0.29) is 17.9 Å². The molecule has 10 heteroatoms. The summed E-state index contributed by atoms with van der Waals surface area (Å²) in [6, 6.07) is 13.1. The van der Waals surface area contributed by atoms with Crippen LogP contribution in [0.3, 0.4) is 0 Å². The van der Waals surface area contributed by atoms with Gasteiger partial charge in [-0.3, -0.25) is 14.5 Å². The largest absolute Gasteiger partial charge is 0.388 e. The highest BCUT2D eigenvalue weighted by atomic mass is 35.5. The van der Waals surface area contributed by atoms with Crippen LogP contribution in [0.15, 0.2) is 47.6 Å². The van der Waals surface area contributed by atoms with E-state index in [4.69, 9.17) is 44.4 Å². The number of halogens is 3. The minimum absolute atomic E-state index is 0.180. The highest BCUT2D eigenvalue weighted by Crippen LogP contribution is 2.35. The Morgan fingerprint density at radius 1 is 1.09 bits per heavy atom. The van der Waals surface area contributed by atoms with Gasteiger partial charge < -0.3 is 15.9 Å². The average molecular weight is 512 g/mol. The summed E-state index contributed by atoms with van der Waals surface area (Å²) >= 11 is 18.0. The lowest BCUT2D eigenvalue weighted by Crippen LogP contribution is -2.45. The fourth-order valence-corrected chi connectivity index (χ4v) is 4.26. The number of rotatable bonds is 5. The Hall–Kier alpha value is -2.32. The Morgan fingerprint density at radius 3 is 2.36 bits per heavy atom. The van der Waals surface area contributed by atoms with E-state index >= 15 is 0 Å². The van der Waals surface area contributed by atoms with E-state index < -0.39 is 0 Å². The van der Waals surface area contributed by atoms with Gasteiger partial charge in [0.15, 0.2) is 0 Å². The van der Waals surface area contributed by atoms with Crippen molar-refractivity contribution in [1.82, 2.24) is 10.2 Å². The van der Waals surface area contributed by atoms with Crippen LogP contribution >= 0.6 is 34.8 Å². The number of nitrogens with two attached hydrogens (primary N) is 1. The van der Waals surface area contributed by atoms with E-state index in [0.29, 0.717) is 33.7 Å². The molecule has 0 aromatic heterocycles. The van der Waals surface area contributed by atoms with Crippen molar-refractivity contribution in [2.75, 3.05) is 13.1 Å². The normalized spacial score (nSPS) is 16.9. The number of nitrogens with one attached hydrogen (secondary N) is 1. The minimum Gasteiger partial charge on any atom is -0.388 e. The summed E-state index contributed by atoms with van der Waals surface area (Å²) in [7, 11) is 0. The van der Waals surface area contributed by atoms with Gasteiger partial charge in [-0.25, -0.2) is 0 Å². The van der Waals surface area contributed by atoms with Gasteiger partial charge >= 0.3 is 0 Å². The summed E-state index contributed by atoms with van der Waals surface area (Å²) in [5.41, 5.74) is 6.37. The van der Waals surface area contributed by atoms with Gasteiger partial charge in [0.05, 0.1) is 10.0 Å². The first-order valence-corrected chi connectivity index (χ1v) is 11.6. The summed E-state index contributed by atoms with van der Waals surface area (Å²) in [5.74, 6) is -0.180. The number of primary amides is 1. The van der Waals surface area contributed by atoms with Crippen molar-refractivity contribution in [1.29, 1.82) is 0 Å². The molecule has 2 aliphatic heterocycles. The van der Waals surface area contributed by atoms with E-state index in [1.54, 1.807) is 12.1 Å². The van der Waals surface area contributed by atoms with Crippen LogP contribution in [0.2, 0.25) is 15.1 Å². The molecule has 176 valence electrons. The minimum atomic E-state index is -0.374. The van der Waals surface area contributed by atoms with Crippen LogP contribution in [0, 0.1) is 0 Å². The fraction of sp³-hybridized carbons (Fsp3) is 0.348. The SMILES string of the molecule is NC=O.O=C(NCc1ccc(Cl)cc1)C1=NOC2(CCN(Cc3ccc(Cl)c(Cl)c3)CC2)C1. The molecule has 4 rings (SSSR count). The highest BCUT2D eigenvalue weighted by Gasteiger charge is 2.43. The first kappa shape index (κ1) is 25.3. The van der Waals surface area contributed by atoms with E-state index in [9.17, 15) is 4.79 Å². The summed E-state index contributed by atoms with van der Waals surface area (Å²) in [6.45, 7) is 2.98. The number of benzene rings is 2. The van der Waals surface area contributed by atoms with Crippen molar-refractivity contribution in [3.05, 3.63) is 68.7 Å². The molecule has 2 amide bonds. The molecule has 0 saturated carbocycles. The Balaban J connectivity index is 0.000000968. The number of carbonyl (C=O) groups is 2. The van der Waals surface area contributed by atoms with Crippen LogP contribution in [0.5, 0.6) is 0 Å². The van der Waals surface area contributed by atoms with Gasteiger partial charge in [-0.1, -0.05) is 58.2 Å². The van der Waals surface area contributed by atoms with Gasteiger partial charge in [0.2, 0.25) is 6.41 Å². The smallest absolute Gasteiger partial charge is 0.269 e. The number of amides is 2. The molecule has 2 heterocycles. The van der Waals surface area contributed by atoms with Crippen molar-refractivity contribution in [2.45, 2.75) is 38.0 Å². The molecule has 0 radical (unpaired) electrons. The van der Waals surface area contributed by atoms with E-state index in [1.807, 2.05) is 30.3 Å². The molecule has 1 saturated heterocycles. The maximum atomic E-state index is 12.5. The van der Waals surface area contributed by atoms with Gasteiger partial charge in [0.1, 0.15) is 11.3 Å². The van der Waals surface area contributed by atoms with Crippen LogP contribution in [-0.4, -0.2) is 41.6 Å². The van der Waals surface area contributed by atoms with E-state index in [2.05, 4.69) is 21.1 Å². The number of hydrogen-bond donors (Lipinski definition) is 2. The molecular formula is C23H25Cl3N4O3. The molecule has 2 aromatic rings. The lowest BCUT2D eigenvalue weighted by molar-refractivity contribution is -0.115. The summed E-state index contributed by atoms with van der Waals surface area (Å²) in [6.07, 6.45) is 2.44. The number of likely N-dealkylation sites (tertiary alicyclic amines) is 1. The molecule has 3 N–H and O–H groups in total. The van der Waals surface area contributed by atoms with Crippen molar-refractivity contribution in [2.24, 2.45) is 10.9 Å². The quantitative estimate of drug-likeness (QED) is 0.589. The maximum Gasteiger partial charge on any atom is 0.269 e. The Labute approximate surface area is 207 Å². The third kappa shape index (κ3) is 7.08. The summed E-state index contributed by atoms with van der Waals surface area (Å²) < 4.78 is 0. The number of hydrogen-bond acceptors (Lipinski definition) is 5. The van der Waals surface area contributed by atoms with Gasteiger partial charge in [0, 0.05) is 50.5 Å². The molecule has 33 heavy (non-hydrogen) atoms. The van der Waals surface area contributed by atoms with Crippen molar-refractivity contribution >= 4 is 52.8 Å². The summed E-state index contributed by atoms with van der Waals surface area (Å²) in [5, 5.41) is 8.82. The first-order valence-electron chi connectivity index (χ1n) is 10.4. The molecular weight excluding hydrogens is 487 g/mol. The van der Waals surface area contributed by atoms with Gasteiger partial charge in [-0.2, -0.15) is 0 Å². The average Bonchev–Trinajstić information content (AvgIpc) is 3.22. The monoisotopic (exact) mass is 510 g/mol. The Morgan fingerprint density at radius 2 is 1.73 bits per heavy atom.